The minimum absolute atomic E-state index is 0.344. The molecule has 0 amide bonds. The highest BCUT2D eigenvalue weighted by molar-refractivity contribution is 5.67. The molecule has 1 N–H and O–H groups in total. The van der Waals surface area contributed by atoms with Gasteiger partial charge < -0.3 is 14.7 Å². The first kappa shape index (κ1) is 13.8. The quantitative estimate of drug-likeness (QED) is 0.816. The Morgan fingerprint density at radius 2 is 2.11 bits per heavy atom. The SMILES string of the molecule is CCC(C1CCOC1)N1CCC(CC(=O)O)CC1. The average Bonchev–Trinajstić information content (AvgIpc) is 2.85. The fraction of sp³-hybridized carbons (Fsp3) is 0.929. The lowest BCUT2D eigenvalue weighted by Crippen LogP contribution is -2.45. The van der Waals surface area contributed by atoms with E-state index >= 15 is 0 Å². The van der Waals surface area contributed by atoms with Gasteiger partial charge in [0.1, 0.15) is 0 Å². The first-order valence-electron chi connectivity index (χ1n) is 7.24. The van der Waals surface area contributed by atoms with Gasteiger partial charge in [0.15, 0.2) is 0 Å². The lowest BCUT2D eigenvalue weighted by Gasteiger charge is -2.39. The number of aliphatic carboxylic acids is 1. The highest BCUT2D eigenvalue weighted by Crippen LogP contribution is 2.28. The summed E-state index contributed by atoms with van der Waals surface area (Å²) in [5, 5.41) is 8.83. The van der Waals surface area contributed by atoms with E-state index in [0.29, 0.717) is 24.3 Å². The van der Waals surface area contributed by atoms with Crippen molar-refractivity contribution < 1.29 is 14.6 Å². The third-order valence-corrected chi connectivity index (χ3v) is 4.51. The van der Waals surface area contributed by atoms with Gasteiger partial charge in [0.25, 0.3) is 0 Å². The maximum atomic E-state index is 10.7. The molecular formula is C14H25NO3. The summed E-state index contributed by atoms with van der Waals surface area (Å²) in [6, 6.07) is 0.637. The van der Waals surface area contributed by atoms with E-state index in [9.17, 15) is 4.79 Å². The molecule has 0 aromatic heterocycles. The van der Waals surface area contributed by atoms with Gasteiger partial charge in [0.2, 0.25) is 0 Å². The van der Waals surface area contributed by atoms with Crippen LogP contribution in [0.5, 0.6) is 0 Å². The maximum absolute atomic E-state index is 10.7. The highest BCUT2D eigenvalue weighted by Gasteiger charge is 2.31. The molecule has 2 unspecified atom stereocenters. The number of ether oxygens (including phenoxy) is 1. The van der Waals surface area contributed by atoms with E-state index in [1.54, 1.807) is 0 Å². The van der Waals surface area contributed by atoms with Crippen LogP contribution >= 0.6 is 0 Å². The number of carboxylic acids is 1. The van der Waals surface area contributed by atoms with Gasteiger partial charge in [0, 0.05) is 19.1 Å². The molecule has 4 heteroatoms. The Labute approximate surface area is 109 Å². The number of likely N-dealkylation sites (tertiary alicyclic amines) is 1. The molecule has 2 aliphatic heterocycles. The summed E-state index contributed by atoms with van der Waals surface area (Å²) >= 11 is 0. The summed E-state index contributed by atoms with van der Waals surface area (Å²) in [6.07, 6.45) is 4.79. The Kier molecular flexibility index (Phi) is 5.01. The van der Waals surface area contributed by atoms with Crippen LogP contribution in [-0.4, -0.2) is 48.3 Å². The molecule has 2 heterocycles. The van der Waals surface area contributed by atoms with Crippen molar-refractivity contribution in [2.24, 2.45) is 11.8 Å². The molecule has 2 rings (SSSR count). The molecular weight excluding hydrogens is 230 g/mol. The fourth-order valence-electron chi connectivity index (χ4n) is 3.48. The number of rotatable bonds is 5. The number of hydrogen-bond donors (Lipinski definition) is 1. The summed E-state index contributed by atoms with van der Waals surface area (Å²) in [5.41, 5.74) is 0. The van der Waals surface area contributed by atoms with Crippen molar-refractivity contribution in [3.8, 4) is 0 Å². The van der Waals surface area contributed by atoms with Crippen LogP contribution < -0.4 is 0 Å². The highest BCUT2D eigenvalue weighted by atomic mass is 16.5. The van der Waals surface area contributed by atoms with Crippen LogP contribution in [0.3, 0.4) is 0 Å². The molecule has 2 fully saturated rings. The molecule has 0 aromatic carbocycles. The molecule has 2 atom stereocenters. The second kappa shape index (κ2) is 6.53. The Morgan fingerprint density at radius 3 is 2.61 bits per heavy atom. The Balaban J connectivity index is 1.81. The zero-order valence-electron chi connectivity index (χ0n) is 11.3. The van der Waals surface area contributed by atoms with E-state index in [0.717, 1.165) is 39.1 Å². The smallest absolute Gasteiger partial charge is 0.303 e. The molecule has 18 heavy (non-hydrogen) atoms. The summed E-state index contributed by atoms with van der Waals surface area (Å²) in [5.74, 6) is 0.423. The molecule has 0 radical (unpaired) electrons. The van der Waals surface area contributed by atoms with Crippen molar-refractivity contribution in [3.63, 3.8) is 0 Å². The van der Waals surface area contributed by atoms with Crippen molar-refractivity contribution in [2.75, 3.05) is 26.3 Å². The van der Waals surface area contributed by atoms with Crippen LogP contribution in [0.1, 0.15) is 39.0 Å². The van der Waals surface area contributed by atoms with Crippen LogP contribution in [0.4, 0.5) is 0 Å². The molecule has 0 bridgehead atoms. The van der Waals surface area contributed by atoms with Crippen LogP contribution in [-0.2, 0) is 9.53 Å². The van der Waals surface area contributed by atoms with Crippen molar-refractivity contribution in [1.82, 2.24) is 4.90 Å². The fourth-order valence-corrected chi connectivity index (χ4v) is 3.48. The standard InChI is InChI=1S/C14H25NO3/c1-2-13(12-5-8-18-10-12)15-6-3-11(4-7-15)9-14(16)17/h11-13H,2-10H2,1H3,(H,16,17). The first-order chi connectivity index (χ1) is 8.70. The van der Waals surface area contributed by atoms with E-state index in [1.165, 1.54) is 12.8 Å². The Bertz CT molecular complexity index is 268. The molecule has 4 nitrogen and oxygen atoms in total. The van der Waals surface area contributed by atoms with Gasteiger partial charge in [-0.1, -0.05) is 6.92 Å². The molecule has 0 aromatic rings. The number of carbonyl (C=O) groups is 1. The summed E-state index contributed by atoms with van der Waals surface area (Å²) in [6.45, 7) is 6.20. The van der Waals surface area contributed by atoms with E-state index in [-0.39, 0.29) is 0 Å². The average molecular weight is 255 g/mol. The largest absolute Gasteiger partial charge is 0.481 e. The van der Waals surface area contributed by atoms with Gasteiger partial charge in [-0.05, 0) is 50.6 Å². The monoisotopic (exact) mass is 255 g/mol. The van der Waals surface area contributed by atoms with Gasteiger partial charge in [-0.25, -0.2) is 0 Å². The number of hydrogen-bond acceptors (Lipinski definition) is 3. The normalized spacial score (nSPS) is 28.4. The number of carboxylic acid groups (broad SMARTS) is 1. The second-order valence-corrected chi connectivity index (χ2v) is 5.68. The van der Waals surface area contributed by atoms with Gasteiger partial charge >= 0.3 is 5.97 Å². The summed E-state index contributed by atoms with van der Waals surface area (Å²) < 4.78 is 5.50. The van der Waals surface area contributed by atoms with E-state index in [4.69, 9.17) is 9.84 Å². The van der Waals surface area contributed by atoms with E-state index in [1.807, 2.05) is 0 Å². The summed E-state index contributed by atoms with van der Waals surface area (Å²) in [7, 11) is 0. The van der Waals surface area contributed by atoms with Crippen LogP contribution in [0.2, 0.25) is 0 Å². The van der Waals surface area contributed by atoms with Crippen molar-refractivity contribution in [3.05, 3.63) is 0 Å². The van der Waals surface area contributed by atoms with Crippen LogP contribution in [0, 0.1) is 11.8 Å². The van der Waals surface area contributed by atoms with Gasteiger partial charge in [-0.15, -0.1) is 0 Å². The van der Waals surface area contributed by atoms with Crippen LogP contribution in [0.15, 0.2) is 0 Å². The van der Waals surface area contributed by atoms with E-state index in [2.05, 4.69) is 11.8 Å². The molecule has 0 spiro atoms. The lowest BCUT2D eigenvalue weighted by atomic mass is 9.89. The van der Waals surface area contributed by atoms with Crippen molar-refractivity contribution >= 4 is 5.97 Å². The first-order valence-corrected chi connectivity index (χ1v) is 7.24. The third-order valence-electron chi connectivity index (χ3n) is 4.51. The predicted octanol–water partition coefficient (Wildman–Crippen LogP) is 1.99. The second-order valence-electron chi connectivity index (χ2n) is 5.68. The Hall–Kier alpha value is -0.610. The molecule has 104 valence electrons. The van der Waals surface area contributed by atoms with Gasteiger partial charge in [0.05, 0.1) is 6.61 Å². The summed E-state index contributed by atoms with van der Waals surface area (Å²) in [4.78, 5) is 13.3. The zero-order chi connectivity index (χ0) is 13.0. The minimum atomic E-state index is -0.648. The number of nitrogens with zero attached hydrogens (tertiary/aromatic N) is 1. The molecule has 0 saturated carbocycles. The molecule has 0 aliphatic carbocycles. The Morgan fingerprint density at radius 1 is 1.39 bits per heavy atom. The molecule has 2 aliphatic rings. The zero-order valence-corrected chi connectivity index (χ0v) is 11.3. The van der Waals surface area contributed by atoms with Gasteiger partial charge in [-0.3, -0.25) is 4.79 Å². The maximum Gasteiger partial charge on any atom is 0.303 e. The molecule has 2 saturated heterocycles. The third kappa shape index (κ3) is 3.45. The van der Waals surface area contributed by atoms with Crippen molar-refractivity contribution in [1.29, 1.82) is 0 Å². The van der Waals surface area contributed by atoms with Crippen molar-refractivity contribution in [2.45, 2.75) is 45.1 Å². The predicted molar refractivity (Wildman–Crippen MR) is 69.6 cm³/mol. The van der Waals surface area contributed by atoms with Gasteiger partial charge in [-0.2, -0.15) is 0 Å². The van der Waals surface area contributed by atoms with Crippen LogP contribution in [0.25, 0.3) is 0 Å². The van der Waals surface area contributed by atoms with E-state index < -0.39 is 5.97 Å². The lowest BCUT2D eigenvalue weighted by molar-refractivity contribution is -0.138. The number of piperidine rings is 1. The minimum Gasteiger partial charge on any atom is -0.481 e. The topological polar surface area (TPSA) is 49.8 Å².